The molecule has 0 heterocycles. The van der Waals surface area contributed by atoms with E-state index in [2.05, 4.69) is 0 Å². The molecule has 0 spiro atoms. The molecule has 0 rings (SSSR count). The summed E-state index contributed by atoms with van der Waals surface area (Å²) in [5.74, 6) is 0. The Bertz CT molecular complexity index is 19.7. The van der Waals surface area contributed by atoms with Crippen molar-refractivity contribution >= 4 is 23.1 Å². The Morgan fingerprint density at radius 2 is 1.17 bits per heavy atom. The van der Waals surface area contributed by atoms with Crippen LogP contribution in [-0.4, -0.2) is 23.1 Å². The fourth-order valence-electron chi connectivity index (χ4n) is 0. The second-order valence-electron chi connectivity index (χ2n) is 0. The van der Waals surface area contributed by atoms with Crippen molar-refractivity contribution in [2.24, 2.45) is 0 Å². The topological polar surface area (TPSA) is 28.5 Å². The summed E-state index contributed by atoms with van der Waals surface area (Å²) < 4.78 is 0. The molecular weight excluding hydrogens is 220 g/mol. The molecule has 0 fully saturated rings. The largest absolute Gasteiger partial charge is 2.00 e. The SMILES string of the molecule is [Co].[H-].[Li+].[Mg+2].[Mn].[Ni].[O-2]. The van der Waals surface area contributed by atoms with E-state index in [-0.39, 0.29) is 99.2 Å². The van der Waals surface area contributed by atoms with Crippen molar-refractivity contribution in [3.8, 4) is 0 Å². The van der Waals surface area contributed by atoms with Crippen molar-refractivity contribution in [2.45, 2.75) is 0 Å². The summed E-state index contributed by atoms with van der Waals surface area (Å²) in [7, 11) is 0. The molecule has 0 saturated heterocycles. The summed E-state index contributed by atoms with van der Waals surface area (Å²) in [5.41, 5.74) is 0. The van der Waals surface area contributed by atoms with Gasteiger partial charge in [-0.1, -0.05) is 0 Å². The molecule has 0 aliphatic carbocycles. The first-order chi connectivity index (χ1) is 0. The monoisotopic (exact) mass is 220 g/mol. The van der Waals surface area contributed by atoms with E-state index >= 15 is 0 Å². The van der Waals surface area contributed by atoms with E-state index in [9.17, 15) is 0 Å². The Morgan fingerprint density at radius 3 is 1.17 bits per heavy atom. The average Bonchev–Trinajstić information content (AvgIpc) is 0. The van der Waals surface area contributed by atoms with Crippen molar-refractivity contribution in [1.82, 2.24) is 0 Å². The van der Waals surface area contributed by atoms with E-state index in [4.69, 9.17) is 0 Å². The zero-order valence-corrected chi connectivity index (χ0v) is 7.77. The van der Waals surface area contributed by atoms with Crippen LogP contribution in [0.4, 0.5) is 0 Å². The molecule has 0 bridgehead atoms. The van der Waals surface area contributed by atoms with Crippen molar-refractivity contribution < 1.29 is 76.1 Å². The Balaban J connectivity index is 0. The van der Waals surface area contributed by atoms with Gasteiger partial charge in [0.2, 0.25) is 0 Å². The average molecular weight is 221 g/mol. The maximum absolute atomic E-state index is 0. The molecule has 0 aromatic carbocycles. The zero-order chi connectivity index (χ0) is 0. The maximum Gasteiger partial charge on any atom is 2.00 e. The summed E-state index contributed by atoms with van der Waals surface area (Å²) in [4.78, 5) is 0. The molecule has 0 aromatic rings. The predicted molar refractivity (Wildman–Crippen MR) is 7.55 cm³/mol. The van der Waals surface area contributed by atoms with E-state index < -0.39 is 0 Å². The second-order valence-corrected chi connectivity index (χ2v) is 0. The normalized spacial score (nSPS) is 0. The zero-order valence-electron chi connectivity index (χ0n) is 4.14. The van der Waals surface area contributed by atoms with Gasteiger partial charge >= 0.3 is 41.9 Å². The van der Waals surface area contributed by atoms with Crippen LogP contribution in [0.5, 0.6) is 0 Å². The van der Waals surface area contributed by atoms with Gasteiger partial charge in [-0.05, 0) is 0 Å². The maximum atomic E-state index is 0. The molecule has 0 aliphatic heterocycles. The Morgan fingerprint density at radius 1 is 1.17 bits per heavy atom. The van der Waals surface area contributed by atoms with Crippen LogP contribution < -0.4 is 18.9 Å². The van der Waals surface area contributed by atoms with Gasteiger partial charge < -0.3 is 6.90 Å². The molecule has 0 saturated carbocycles. The molecule has 0 amide bonds. The summed E-state index contributed by atoms with van der Waals surface area (Å²) in [6.07, 6.45) is 0. The van der Waals surface area contributed by atoms with E-state index in [1.807, 2.05) is 0 Å². The van der Waals surface area contributed by atoms with Gasteiger partial charge in [-0.25, -0.2) is 0 Å². The van der Waals surface area contributed by atoms with Gasteiger partial charge in [-0.2, -0.15) is 0 Å². The standard InChI is InChI=1S/Co.Li.Mg.Mn.Ni.O.H/q;+1;+2;;;-2;-1. The van der Waals surface area contributed by atoms with Crippen LogP contribution in [0.1, 0.15) is 1.43 Å². The van der Waals surface area contributed by atoms with Gasteiger partial charge in [0.05, 0.1) is 0 Å². The minimum Gasteiger partial charge on any atom is -2.00 e. The molecule has 0 unspecified atom stereocenters. The van der Waals surface area contributed by atoms with Crippen LogP contribution in [0.15, 0.2) is 0 Å². The number of hydrogen-bond acceptors (Lipinski definition) is 0. The van der Waals surface area contributed by atoms with E-state index in [0.717, 1.165) is 0 Å². The van der Waals surface area contributed by atoms with Crippen molar-refractivity contribution in [1.29, 1.82) is 0 Å². The van der Waals surface area contributed by atoms with E-state index in [0.29, 0.717) is 0 Å². The summed E-state index contributed by atoms with van der Waals surface area (Å²) in [5, 5.41) is 0. The fraction of sp³-hybridized carbons (Fsp3) is 0. The minimum atomic E-state index is 0. The predicted octanol–water partition coefficient (Wildman–Crippen LogP) is -3.39. The molecule has 2 radical (unpaired) electrons. The summed E-state index contributed by atoms with van der Waals surface area (Å²) in [6.45, 7) is 0. The van der Waals surface area contributed by atoms with Gasteiger partial charge in [0.25, 0.3) is 0 Å². The third kappa shape index (κ3) is 28.9. The summed E-state index contributed by atoms with van der Waals surface area (Å²) >= 11 is 0. The Hall–Kier alpha value is 2.84. The van der Waals surface area contributed by atoms with E-state index in [1.165, 1.54) is 0 Å². The second kappa shape index (κ2) is 45.4. The van der Waals surface area contributed by atoms with Crippen LogP contribution in [0, 0.1) is 0 Å². The van der Waals surface area contributed by atoms with Crippen molar-refractivity contribution in [3.63, 3.8) is 0 Å². The molecule has 0 aliphatic rings. The smallest absolute Gasteiger partial charge is 2.00 e. The van der Waals surface area contributed by atoms with Gasteiger partial charge in [-0.15, -0.1) is 0 Å². The third-order valence-electron chi connectivity index (χ3n) is 0. The van der Waals surface area contributed by atoms with Crippen molar-refractivity contribution in [3.05, 3.63) is 0 Å². The molecule has 0 aromatic heterocycles. The van der Waals surface area contributed by atoms with Crippen molar-refractivity contribution in [2.75, 3.05) is 0 Å². The number of rotatable bonds is 0. The molecule has 0 N–H and O–H groups in total. The van der Waals surface area contributed by atoms with Crippen LogP contribution in [0.25, 0.3) is 0 Å². The Labute approximate surface area is 97.9 Å². The molecule has 6 heavy (non-hydrogen) atoms. The van der Waals surface area contributed by atoms with E-state index in [1.54, 1.807) is 0 Å². The van der Waals surface area contributed by atoms with Gasteiger partial charge in [0, 0.05) is 50.3 Å². The summed E-state index contributed by atoms with van der Waals surface area (Å²) in [6, 6.07) is 0. The quantitative estimate of drug-likeness (QED) is 0.381. The van der Waals surface area contributed by atoms with Crippen LogP contribution in [-0.2, 0) is 55.8 Å². The first-order valence-corrected chi connectivity index (χ1v) is 0. The molecular formula is HCoLiMgMnNiO. The minimum absolute atomic E-state index is 0. The molecule has 36 valence electrons. The number of hydrogen-bond donors (Lipinski definition) is 0. The molecule has 0 atom stereocenters. The third-order valence-corrected chi connectivity index (χ3v) is 0. The first kappa shape index (κ1) is 67.3. The van der Waals surface area contributed by atoms with Crippen LogP contribution in [0.3, 0.4) is 0 Å². The molecule has 1 nitrogen and oxygen atoms in total. The fourth-order valence-corrected chi connectivity index (χ4v) is 0. The van der Waals surface area contributed by atoms with Crippen LogP contribution in [0.2, 0.25) is 0 Å². The van der Waals surface area contributed by atoms with Gasteiger partial charge in [0.1, 0.15) is 0 Å². The van der Waals surface area contributed by atoms with Crippen LogP contribution >= 0.6 is 0 Å². The molecule has 6 heteroatoms. The van der Waals surface area contributed by atoms with Gasteiger partial charge in [-0.3, -0.25) is 0 Å². The Kier molecular flexibility index (Phi) is 510. The first-order valence-electron chi connectivity index (χ1n) is 0. The van der Waals surface area contributed by atoms with Gasteiger partial charge in [0.15, 0.2) is 0 Å².